The molecule has 0 aliphatic rings. The predicted octanol–water partition coefficient (Wildman–Crippen LogP) is -0.342. The van der Waals surface area contributed by atoms with Crippen LogP contribution < -0.4 is 20.4 Å². The normalized spacial score (nSPS) is 7.91. The third-order valence-corrected chi connectivity index (χ3v) is 1.73. The van der Waals surface area contributed by atoms with Gasteiger partial charge in [0.05, 0.1) is 0 Å². The molecule has 0 amide bonds. The van der Waals surface area contributed by atoms with Gasteiger partial charge in [0.15, 0.2) is 0 Å². The van der Waals surface area contributed by atoms with Gasteiger partial charge in [0.2, 0.25) is 0 Å². The van der Waals surface area contributed by atoms with Crippen LogP contribution in [0.2, 0.25) is 0 Å². The van der Waals surface area contributed by atoms with Crippen LogP contribution in [0.4, 0.5) is 0 Å². The molecule has 0 atom stereocenters. The van der Waals surface area contributed by atoms with Gasteiger partial charge in [-0.1, -0.05) is 38.1 Å². The average molecular weight is 354 g/mol. The zero-order valence-corrected chi connectivity index (χ0v) is 15.5. The van der Waals surface area contributed by atoms with Gasteiger partial charge < -0.3 is 20.4 Å². The second kappa shape index (κ2) is 18.6. The molecule has 0 aliphatic carbocycles. The standard InChI is InChI=1S/2C6H7NO.2C2H5O.Ti/c2*1-5-3-2-4-6(8)7-5;2*1-2-3;/h2*2-4H,1H3,(H,7,8);2*2H2,1H3;/q;;2*-1;+4/p-2. The Hall–Kier alpha value is -1.47. The van der Waals surface area contributed by atoms with E-state index >= 15 is 0 Å². The number of pyridine rings is 2. The number of aryl methyl sites for hydroxylation is 2. The van der Waals surface area contributed by atoms with Gasteiger partial charge in [0, 0.05) is 11.4 Å². The molecule has 2 aromatic heterocycles. The van der Waals surface area contributed by atoms with Crippen LogP contribution in [0.15, 0.2) is 36.4 Å². The summed E-state index contributed by atoms with van der Waals surface area (Å²) in [5, 5.41) is 38.6. The largest absolute Gasteiger partial charge is 4.00 e. The molecule has 6 nitrogen and oxygen atoms in total. The van der Waals surface area contributed by atoms with Crippen molar-refractivity contribution in [2.24, 2.45) is 0 Å². The first-order valence-corrected chi connectivity index (χ1v) is 6.78. The SMILES string of the molecule is CC[O-].CC[O-].Cc1cccc([O-])n1.Cc1cccc([O-])n1.[Ti+4]. The molecule has 0 N–H and O–H groups in total. The van der Waals surface area contributed by atoms with E-state index in [2.05, 4.69) is 9.97 Å². The first kappa shape index (κ1) is 26.4. The molecule has 7 heteroatoms. The summed E-state index contributed by atoms with van der Waals surface area (Å²) in [5.74, 6) is -0.324. The summed E-state index contributed by atoms with van der Waals surface area (Å²) in [6.45, 7) is 6.72. The van der Waals surface area contributed by atoms with E-state index in [1.54, 1.807) is 52.0 Å². The van der Waals surface area contributed by atoms with Crippen molar-refractivity contribution in [3.05, 3.63) is 47.8 Å². The maximum absolute atomic E-state index is 10.4. The Morgan fingerprint density at radius 1 is 0.739 bits per heavy atom. The fourth-order valence-corrected chi connectivity index (χ4v) is 1.04. The average Bonchev–Trinajstić information content (AvgIpc) is 2.40. The van der Waals surface area contributed by atoms with E-state index in [0.717, 1.165) is 11.4 Å². The minimum atomic E-state index is -0.162. The topological polar surface area (TPSA) is 118 Å². The minimum absolute atomic E-state index is 0. The number of aromatic nitrogens is 2. The summed E-state index contributed by atoms with van der Waals surface area (Å²) in [5.41, 5.74) is 1.55. The Bertz CT molecular complexity index is 419. The molecule has 0 aliphatic heterocycles. The molecule has 124 valence electrons. The van der Waals surface area contributed by atoms with Crippen molar-refractivity contribution in [2.45, 2.75) is 27.7 Å². The molecule has 2 aromatic rings. The van der Waals surface area contributed by atoms with E-state index in [4.69, 9.17) is 10.2 Å². The van der Waals surface area contributed by atoms with Crippen molar-refractivity contribution in [1.29, 1.82) is 0 Å². The maximum atomic E-state index is 10.4. The van der Waals surface area contributed by atoms with E-state index in [1.807, 2.05) is 0 Å². The molecule has 0 saturated heterocycles. The van der Waals surface area contributed by atoms with Gasteiger partial charge in [-0.3, -0.25) is 9.97 Å². The van der Waals surface area contributed by atoms with Gasteiger partial charge in [-0.25, -0.2) is 0 Å². The summed E-state index contributed by atoms with van der Waals surface area (Å²) in [6.07, 6.45) is 0. The van der Waals surface area contributed by atoms with Crippen LogP contribution in [0, 0.1) is 13.8 Å². The van der Waals surface area contributed by atoms with Crippen molar-refractivity contribution in [1.82, 2.24) is 9.97 Å². The summed E-state index contributed by atoms with van der Waals surface area (Å²) >= 11 is 0. The molecular weight excluding hydrogens is 332 g/mol. The molecule has 0 radical (unpaired) electrons. The number of nitrogens with zero attached hydrogens (tertiary/aromatic N) is 2. The fraction of sp³-hybridized carbons (Fsp3) is 0.375. The van der Waals surface area contributed by atoms with Crippen LogP contribution in [0.5, 0.6) is 11.8 Å². The van der Waals surface area contributed by atoms with Crippen molar-refractivity contribution in [3.63, 3.8) is 0 Å². The van der Waals surface area contributed by atoms with E-state index < -0.39 is 0 Å². The van der Waals surface area contributed by atoms with E-state index in [1.165, 1.54) is 12.1 Å². The first-order valence-electron chi connectivity index (χ1n) is 6.78. The zero-order chi connectivity index (χ0) is 17.4. The molecular formula is C16H22N2O4Ti. The number of hydrogen-bond donors (Lipinski definition) is 0. The van der Waals surface area contributed by atoms with Gasteiger partial charge in [-0.15, -0.1) is 13.2 Å². The third kappa shape index (κ3) is 20.5. The Kier molecular flexibility index (Phi) is 21.4. The summed E-state index contributed by atoms with van der Waals surface area (Å²) < 4.78 is 0. The quantitative estimate of drug-likeness (QED) is 0.597. The second-order valence-corrected chi connectivity index (χ2v) is 3.81. The van der Waals surface area contributed by atoms with E-state index in [9.17, 15) is 10.2 Å². The Morgan fingerprint density at radius 3 is 1.13 bits per heavy atom. The van der Waals surface area contributed by atoms with Crippen LogP contribution in [0.3, 0.4) is 0 Å². The molecule has 0 fully saturated rings. The van der Waals surface area contributed by atoms with Crippen LogP contribution in [0.25, 0.3) is 0 Å². The molecule has 2 rings (SSSR count). The van der Waals surface area contributed by atoms with Gasteiger partial charge in [0.25, 0.3) is 0 Å². The van der Waals surface area contributed by atoms with Crippen LogP contribution in [-0.4, -0.2) is 23.2 Å². The molecule has 2 heterocycles. The van der Waals surface area contributed by atoms with Gasteiger partial charge in [-0.2, -0.15) is 0 Å². The van der Waals surface area contributed by atoms with Crippen LogP contribution in [0.1, 0.15) is 25.2 Å². The fourth-order valence-electron chi connectivity index (χ4n) is 1.04. The van der Waals surface area contributed by atoms with E-state index in [0.29, 0.717) is 0 Å². The van der Waals surface area contributed by atoms with Gasteiger partial charge in [-0.05, 0) is 37.7 Å². The molecule has 0 spiro atoms. The Balaban J connectivity index is -0.000000253. The molecule has 0 saturated carbocycles. The maximum Gasteiger partial charge on any atom is 4.00 e. The van der Waals surface area contributed by atoms with Gasteiger partial charge in [0.1, 0.15) is 0 Å². The van der Waals surface area contributed by atoms with Crippen molar-refractivity contribution < 1.29 is 42.1 Å². The van der Waals surface area contributed by atoms with Crippen molar-refractivity contribution >= 4 is 0 Å². The monoisotopic (exact) mass is 354 g/mol. The predicted molar refractivity (Wildman–Crippen MR) is 77.9 cm³/mol. The number of rotatable bonds is 0. The molecule has 0 aromatic carbocycles. The van der Waals surface area contributed by atoms with Crippen molar-refractivity contribution in [2.75, 3.05) is 13.2 Å². The summed E-state index contributed by atoms with van der Waals surface area (Å²) in [7, 11) is 0. The molecule has 23 heavy (non-hydrogen) atoms. The summed E-state index contributed by atoms with van der Waals surface area (Å²) in [4.78, 5) is 7.24. The number of hydrogen-bond acceptors (Lipinski definition) is 6. The zero-order valence-electron chi connectivity index (χ0n) is 13.9. The van der Waals surface area contributed by atoms with E-state index in [-0.39, 0.29) is 46.7 Å². The minimum Gasteiger partial charge on any atom is -0.859 e. The van der Waals surface area contributed by atoms with Crippen LogP contribution in [-0.2, 0) is 21.7 Å². The Morgan fingerprint density at radius 2 is 1.00 bits per heavy atom. The van der Waals surface area contributed by atoms with Gasteiger partial charge >= 0.3 is 21.7 Å². The Labute approximate surface area is 152 Å². The first-order chi connectivity index (χ1) is 10.4. The smallest absolute Gasteiger partial charge is 0.859 e. The second-order valence-electron chi connectivity index (χ2n) is 3.81. The molecule has 0 bridgehead atoms. The summed E-state index contributed by atoms with van der Waals surface area (Å²) in [6, 6.07) is 9.86. The van der Waals surface area contributed by atoms with Crippen LogP contribution >= 0.6 is 0 Å². The molecule has 0 unspecified atom stereocenters. The van der Waals surface area contributed by atoms with Crippen molar-refractivity contribution in [3.8, 4) is 11.8 Å². The third-order valence-electron chi connectivity index (χ3n) is 1.73.